The molecule has 5 heteroatoms. The van der Waals surface area contributed by atoms with Crippen LogP contribution in [-0.4, -0.2) is 29.9 Å². The van der Waals surface area contributed by atoms with Crippen LogP contribution in [0.15, 0.2) is 18.2 Å². The number of fused-ring (bicyclic) bond motifs is 1. The van der Waals surface area contributed by atoms with Gasteiger partial charge in [0.2, 0.25) is 11.8 Å². The molecule has 100 valence electrons. The maximum atomic E-state index is 11.6. The molecule has 1 saturated heterocycles. The second-order valence-electron chi connectivity index (χ2n) is 4.71. The monoisotopic (exact) mass is 261 g/mol. The number of nitrogens with zero attached hydrogens (tertiary/aromatic N) is 1. The third-order valence-corrected chi connectivity index (χ3v) is 3.31. The van der Waals surface area contributed by atoms with Crippen molar-refractivity contribution in [1.29, 1.82) is 0 Å². The van der Waals surface area contributed by atoms with E-state index in [9.17, 15) is 9.59 Å². The lowest BCUT2D eigenvalue weighted by atomic mass is 10.2. The summed E-state index contributed by atoms with van der Waals surface area (Å²) in [5.41, 5.74) is 0.882. The summed E-state index contributed by atoms with van der Waals surface area (Å²) >= 11 is 0. The van der Waals surface area contributed by atoms with Crippen molar-refractivity contribution in [2.45, 2.75) is 25.8 Å². The molecule has 5 nitrogen and oxygen atoms in total. The number of carbonyl (C=O) groups is 2. The standard InChI is InChI=1S/C14H15NO4/c16-13-4-5-14(17)15(13)9-10-2-3-11-12(8-10)19-7-1-6-18-11/h2-3,8H,1,4-7,9H2. The average molecular weight is 261 g/mol. The lowest BCUT2D eigenvalue weighted by molar-refractivity contribution is -0.139. The second kappa shape index (κ2) is 4.91. The number of ether oxygens (including phenoxy) is 2. The van der Waals surface area contributed by atoms with Crippen molar-refractivity contribution < 1.29 is 19.1 Å². The smallest absolute Gasteiger partial charge is 0.229 e. The molecule has 2 amide bonds. The maximum Gasteiger partial charge on any atom is 0.229 e. The summed E-state index contributed by atoms with van der Waals surface area (Å²) in [7, 11) is 0. The van der Waals surface area contributed by atoms with Crippen molar-refractivity contribution in [3.8, 4) is 11.5 Å². The van der Waals surface area contributed by atoms with Crippen molar-refractivity contribution in [2.75, 3.05) is 13.2 Å². The van der Waals surface area contributed by atoms with E-state index in [0.717, 1.165) is 17.7 Å². The molecule has 1 aromatic carbocycles. The van der Waals surface area contributed by atoms with Crippen LogP contribution in [0.2, 0.25) is 0 Å². The Morgan fingerprint density at radius 2 is 1.68 bits per heavy atom. The van der Waals surface area contributed by atoms with Gasteiger partial charge in [0.05, 0.1) is 19.8 Å². The number of benzene rings is 1. The Morgan fingerprint density at radius 3 is 2.42 bits per heavy atom. The molecule has 19 heavy (non-hydrogen) atoms. The van der Waals surface area contributed by atoms with E-state index in [0.29, 0.717) is 38.3 Å². The number of hydrogen-bond acceptors (Lipinski definition) is 4. The molecule has 0 spiro atoms. The van der Waals surface area contributed by atoms with E-state index >= 15 is 0 Å². The fraction of sp³-hybridized carbons (Fsp3) is 0.429. The SMILES string of the molecule is O=C1CCC(=O)N1Cc1ccc2c(c1)OCCCO2. The first-order valence-electron chi connectivity index (χ1n) is 6.46. The molecule has 2 heterocycles. The molecule has 2 aliphatic rings. The summed E-state index contributed by atoms with van der Waals surface area (Å²) in [5, 5.41) is 0. The Hall–Kier alpha value is -2.04. The fourth-order valence-corrected chi connectivity index (χ4v) is 2.29. The quantitative estimate of drug-likeness (QED) is 0.757. The van der Waals surface area contributed by atoms with Gasteiger partial charge in [0, 0.05) is 19.3 Å². The number of carbonyl (C=O) groups excluding carboxylic acids is 2. The predicted octanol–water partition coefficient (Wildman–Crippen LogP) is 1.50. The van der Waals surface area contributed by atoms with Gasteiger partial charge >= 0.3 is 0 Å². The molecule has 2 aliphatic heterocycles. The van der Waals surface area contributed by atoms with Gasteiger partial charge < -0.3 is 9.47 Å². The van der Waals surface area contributed by atoms with Crippen LogP contribution in [0.1, 0.15) is 24.8 Å². The number of amides is 2. The van der Waals surface area contributed by atoms with Crippen molar-refractivity contribution in [1.82, 2.24) is 4.90 Å². The second-order valence-corrected chi connectivity index (χ2v) is 4.71. The minimum atomic E-state index is -0.0999. The van der Waals surface area contributed by atoms with Crippen LogP contribution >= 0.6 is 0 Å². The first-order valence-corrected chi connectivity index (χ1v) is 6.46. The average Bonchev–Trinajstić information content (AvgIpc) is 2.64. The molecular weight excluding hydrogens is 246 g/mol. The molecule has 1 fully saturated rings. The molecule has 0 aliphatic carbocycles. The van der Waals surface area contributed by atoms with E-state index in [1.54, 1.807) is 0 Å². The van der Waals surface area contributed by atoms with E-state index < -0.39 is 0 Å². The normalized spacial score (nSPS) is 18.6. The first kappa shape index (κ1) is 12.0. The third-order valence-electron chi connectivity index (χ3n) is 3.31. The fourth-order valence-electron chi connectivity index (χ4n) is 2.29. The highest BCUT2D eigenvalue weighted by molar-refractivity contribution is 6.01. The minimum absolute atomic E-state index is 0.0999. The van der Waals surface area contributed by atoms with Gasteiger partial charge in [0.15, 0.2) is 11.5 Å². The van der Waals surface area contributed by atoms with Crippen LogP contribution in [0, 0.1) is 0 Å². The number of hydrogen-bond donors (Lipinski definition) is 0. The summed E-state index contributed by atoms with van der Waals surface area (Å²) in [6.45, 7) is 1.59. The summed E-state index contributed by atoms with van der Waals surface area (Å²) in [4.78, 5) is 24.5. The van der Waals surface area contributed by atoms with Gasteiger partial charge in [-0.1, -0.05) is 6.07 Å². The Balaban J connectivity index is 1.80. The van der Waals surface area contributed by atoms with Crippen LogP contribution in [-0.2, 0) is 16.1 Å². The number of likely N-dealkylation sites (tertiary alicyclic amines) is 1. The van der Waals surface area contributed by atoms with Gasteiger partial charge in [-0.3, -0.25) is 14.5 Å². The van der Waals surface area contributed by atoms with Crippen LogP contribution < -0.4 is 9.47 Å². The molecular formula is C14H15NO4. The largest absolute Gasteiger partial charge is 0.490 e. The summed E-state index contributed by atoms with van der Waals surface area (Å²) in [5.74, 6) is 1.21. The molecule has 0 aromatic heterocycles. The van der Waals surface area contributed by atoms with Gasteiger partial charge in [-0.2, -0.15) is 0 Å². The highest BCUT2D eigenvalue weighted by atomic mass is 16.5. The summed E-state index contributed by atoms with van der Waals surface area (Å²) in [6.07, 6.45) is 1.50. The summed E-state index contributed by atoms with van der Waals surface area (Å²) < 4.78 is 11.1. The van der Waals surface area contributed by atoms with E-state index in [-0.39, 0.29) is 11.8 Å². The molecule has 3 rings (SSSR count). The number of rotatable bonds is 2. The Bertz CT molecular complexity index is 510. The van der Waals surface area contributed by atoms with Crippen LogP contribution in [0.3, 0.4) is 0 Å². The van der Waals surface area contributed by atoms with Crippen LogP contribution in [0.5, 0.6) is 11.5 Å². The van der Waals surface area contributed by atoms with E-state index in [1.165, 1.54) is 4.90 Å². The molecule has 0 saturated carbocycles. The van der Waals surface area contributed by atoms with Crippen LogP contribution in [0.25, 0.3) is 0 Å². The zero-order chi connectivity index (χ0) is 13.2. The van der Waals surface area contributed by atoms with Gasteiger partial charge in [-0.15, -0.1) is 0 Å². The molecule has 0 N–H and O–H groups in total. The lowest BCUT2D eigenvalue weighted by Crippen LogP contribution is -2.28. The minimum Gasteiger partial charge on any atom is -0.490 e. The Kier molecular flexibility index (Phi) is 3.11. The Morgan fingerprint density at radius 1 is 1.00 bits per heavy atom. The predicted molar refractivity (Wildman–Crippen MR) is 66.8 cm³/mol. The molecule has 0 atom stereocenters. The van der Waals surface area contributed by atoms with E-state index in [2.05, 4.69) is 0 Å². The topological polar surface area (TPSA) is 55.8 Å². The van der Waals surface area contributed by atoms with Crippen molar-refractivity contribution in [3.63, 3.8) is 0 Å². The van der Waals surface area contributed by atoms with Crippen LogP contribution in [0.4, 0.5) is 0 Å². The highest BCUT2D eigenvalue weighted by Gasteiger charge is 2.28. The van der Waals surface area contributed by atoms with Gasteiger partial charge in [-0.05, 0) is 17.7 Å². The number of imide groups is 1. The zero-order valence-electron chi connectivity index (χ0n) is 10.6. The van der Waals surface area contributed by atoms with Crippen molar-refractivity contribution in [3.05, 3.63) is 23.8 Å². The van der Waals surface area contributed by atoms with E-state index in [4.69, 9.17) is 9.47 Å². The molecule has 1 aromatic rings. The zero-order valence-corrected chi connectivity index (χ0v) is 10.6. The Labute approximate surface area is 111 Å². The first-order chi connectivity index (χ1) is 9.24. The highest BCUT2D eigenvalue weighted by Crippen LogP contribution is 2.31. The lowest BCUT2D eigenvalue weighted by Gasteiger charge is -2.15. The summed E-state index contributed by atoms with van der Waals surface area (Å²) in [6, 6.07) is 5.55. The maximum absolute atomic E-state index is 11.6. The molecule has 0 unspecified atom stereocenters. The third kappa shape index (κ3) is 2.41. The van der Waals surface area contributed by atoms with Gasteiger partial charge in [0.25, 0.3) is 0 Å². The van der Waals surface area contributed by atoms with E-state index in [1.807, 2.05) is 18.2 Å². The molecule has 0 radical (unpaired) electrons. The van der Waals surface area contributed by atoms with Crippen molar-refractivity contribution >= 4 is 11.8 Å². The van der Waals surface area contributed by atoms with Gasteiger partial charge in [-0.25, -0.2) is 0 Å². The van der Waals surface area contributed by atoms with Crippen molar-refractivity contribution in [2.24, 2.45) is 0 Å². The molecule has 0 bridgehead atoms. The van der Waals surface area contributed by atoms with Gasteiger partial charge in [0.1, 0.15) is 0 Å².